The zero-order valence-electron chi connectivity index (χ0n) is 9.40. The Hall–Kier alpha value is -2.11. The lowest BCUT2D eigenvalue weighted by Gasteiger charge is -2.03. The Morgan fingerprint density at radius 1 is 1.65 bits per heavy atom. The molecule has 0 bridgehead atoms. The summed E-state index contributed by atoms with van der Waals surface area (Å²) >= 11 is 0. The van der Waals surface area contributed by atoms with Crippen molar-refractivity contribution in [3.8, 4) is 5.88 Å². The topological polar surface area (TPSA) is 63.8 Å². The molecule has 2 heterocycles. The Morgan fingerprint density at radius 3 is 3.00 bits per heavy atom. The smallest absolute Gasteiger partial charge is 0.361 e. The van der Waals surface area contributed by atoms with Gasteiger partial charge in [-0.25, -0.2) is 9.18 Å². The number of aromatic hydroxyl groups is 1. The monoisotopic (exact) mass is 238 g/mol. The standard InChI is InChI=1S/C11H11FN2O3/c1-3-17-11(16)8-10(15)13-9-6(2)4-7(12)5-14(8)9/h4-5,15H,3H2,1-2H3. The molecule has 0 saturated heterocycles. The zero-order valence-corrected chi connectivity index (χ0v) is 9.40. The van der Waals surface area contributed by atoms with Gasteiger partial charge >= 0.3 is 5.97 Å². The molecule has 90 valence electrons. The van der Waals surface area contributed by atoms with Crippen LogP contribution in [0.5, 0.6) is 5.88 Å². The van der Waals surface area contributed by atoms with Crippen LogP contribution in [0.2, 0.25) is 0 Å². The van der Waals surface area contributed by atoms with Gasteiger partial charge in [-0.1, -0.05) is 0 Å². The average Bonchev–Trinajstić information content (AvgIpc) is 2.55. The third-order valence-corrected chi connectivity index (χ3v) is 2.32. The van der Waals surface area contributed by atoms with Gasteiger partial charge in [0, 0.05) is 6.20 Å². The van der Waals surface area contributed by atoms with Crippen LogP contribution in [0.15, 0.2) is 12.3 Å². The van der Waals surface area contributed by atoms with E-state index in [-0.39, 0.29) is 12.3 Å². The zero-order chi connectivity index (χ0) is 12.6. The summed E-state index contributed by atoms with van der Waals surface area (Å²) in [6, 6.07) is 1.27. The predicted octanol–water partition coefficient (Wildman–Crippen LogP) is 1.66. The van der Waals surface area contributed by atoms with E-state index in [1.54, 1.807) is 13.8 Å². The number of nitrogens with zero attached hydrogens (tertiary/aromatic N) is 2. The number of aromatic nitrogens is 2. The second kappa shape index (κ2) is 4.04. The fourth-order valence-electron chi connectivity index (χ4n) is 1.65. The van der Waals surface area contributed by atoms with Crippen LogP contribution >= 0.6 is 0 Å². The van der Waals surface area contributed by atoms with Crippen molar-refractivity contribution in [1.29, 1.82) is 0 Å². The molecule has 0 radical (unpaired) electrons. The van der Waals surface area contributed by atoms with E-state index in [1.165, 1.54) is 10.5 Å². The summed E-state index contributed by atoms with van der Waals surface area (Å²) in [5, 5.41) is 9.59. The fourth-order valence-corrected chi connectivity index (χ4v) is 1.65. The van der Waals surface area contributed by atoms with Crippen molar-refractivity contribution in [3.63, 3.8) is 0 Å². The Labute approximate surface area is 96.5 Å². The molecule has 0 aromatic carbocycles. The van der Waals surface area contributed by atoms with Gasteiger partial charge in [-0.2, -0.15) is 4.98 Å². The third-order valence-electron chi connectivity index (χ3n) is 2.32. The van der Waals surface area contributed by atoms with E-state index in [2.05, 4.69) is 4.98 Å². The Bertz CT molecular complexity index is 592. The van der Waals surface area contributed by atoms with E-state index in [9.17, 15) is 14.3 Å². The van der Waals surface area contributed by atoms with Crippen LogP contribution in [0.1, 0.15) is 23.0 Å². The molecule has 0 fully saturated rings. The Balaban J connectivity index is 2.70. The highest BCUT2D eigenvalue weighted by Crippen LogP contribution is 2.22. The van der Waals surface area contributed by atoms with Crippen molar-refractivity contribution in [2.45, 2.75) is 13.8 Å². The average molecular weight is 238 g/mol. The number of carbonyl (C=O) groups excluding carboxylic acids is 1. The van der Waals surface area contributed by atoms with Crippen LogP contribution < -0.4 is 0 Å². The van der Waals surface area contributed by atoms with Crippen LogP contribution in [0, 0.1) is 12.7 Å². The number of imidazole rings is 1. The van der Waals surface area contributed by atoms with Gasteiger partial charge in [0.2, 0.25) is 5.88 Å². The van der Waals surface area contributed by atoms with Crippen LogP contribution in [0.25, 0.3) is 5.65 Å². The summed E-state index contributed by atoms with van der Waals surface area (Å²) in [5.41, 5.74) is 0.687. The van der Waals surface area contributed by atoms with Crippen molar-refractivity contribution < 1.29 is 19.0 Å². The molecule has 0 amide bonds. The van der Waals surface area contributed by atoms with E-state index in [4.69, 9.17) is 4.74 Å². The number of rotatable bonds is 2. The van der Waals surface area contributed by atoms with Gasteiger partial charge in [0.15, 0.2) is 5.69 Å². The first kappa shape index (κ1) is 11.4. The normalized spacial score (nSPS) is 10.8. The van der Waals surface area contributed by atoms with Crippen LogP contribution in [-0.4, -0.2) is 27.1 Å². The van der Waals surface area contributed by atoms with Crippen molar-refractivity contribution in [3.05, 3.63) is 29.3 Å². The molecule has 0 spiro atoms. The van der Waals surface area contributed by atoms with Crippen LogP contribution in [-0.2, 0) is 4.74 Å². The van der Waals surface area contributed by atoms with E-state index >= 15 is 0 Å². The molecular formula is C11H11FN2O3. The lowest BCUT2D eigenvalue weighted by molar-refractivity contribution is 0.0514. The quantitative estimate of drug-likeness (QED) is 0.808. The maximum absolute atomic E-state index is 13.3. The maximum atomic E-state index is 13.3. The molecule has 0 aliphatic heterocycles. The number of fused-ring (bicyclic) bond motifs is 1. The molecule has 2 aromatic rings. The number of hydrogen-bond acceptors (Lipinski definition) is 4. The van der Waals surface area contributed by atoms with Crippen molar-refractivity contribution >= 4 is 11.6 Å². The van der Waals surface area contributed by atoms with Crippen LogP contribution in [0.3, 0.4) is 0 Å². The lowest BCUT2D eigenvalue weighted by atomic mass is 10.3. The van der Waals surface area contributed by atoms with Crippen molar-refractivity contribution in [1.82, 2.24) is 9.38 Å². The van der Waals surface area contributed by atoms with Crippen molar-refractivity contribution in [2.24, 2.45) is 0 Å². The van der Waals surface area contributed by atoms with E-state index in [0.717, 1.165) is 6.20 Å². The number of hydrogen-bond donors (Lipinski definition) is 1. The molecule has 5 nitrogen and oxygen atoms in total. The number of ether oxygens (including phenoxy) is 1. The number of halogens is 1. The third kappa shape index (κ3) is 1.82. The van der Waals surface area contributed by atoms with Gasteiger partial charge in [-0.15, -0.1) is 0 Å². The second-order valence-corrected chi connectivity index (χ2v) is 3.54. The summed E-state index contributed by atoms with van der Waals surface area (Å²) in [7, 11) is 0. The first-order valence-corrected chi connectivity index (χ1v) is 5.09. The minimum atomic E-state index is -0.734. The van der Waals surface area contributed by atoms with Gasteiger partial charge in [0.05, 0.1) is 6.61 Å². The van der Waals surface area contributed by atoms with Gasteiger partial charge in [0.25, 0.3) is 0 Å². The fraction of sp³-hybridized carbons (Fsp3) is 0.273. The summed E-state index contributed by atoms with van der Waals surface area (Å²) < 4.78 is 19.2. The van der Waals surface area contributed by atoms with Gasteiger partial charge in [-0.05, 0) is 25.5 Å². The molecule has 0 aliphatic carbocycles. The number of aryl methyl sites for hydroxylation is 1. The van der Waals surface area contributed by atoms with Gasteiger partial charge in [-0.3, -0.25) is 4.40 Å². The number of carbonyl (C=O) groups is 1. The summed E-state index contributed by atoms with van der Waals surface area (Å²) in [5.74, 6) is -1.71. The SMILES string of the molecule is CCOC(=O)c1c(O)nc2c(C)cc(F)cn12. The highest BCUT2D eigenvalue weighted by atomic mass is 19.1. The highest BCUT2D eigenvalue weighted by Gasteiger charge is 2.21. The maximum Gasteiger partial charge on any atom is 0.361 e. The highest BCUT2D eigenvalue weighted by molar-refractivity contribution is 5.91. The Kier molecular flexibility index (Phi) is 2.71. The first-order valence-electron chi connectivity index (χ1n) is 5.09. The molecular weight excluding hydrogens is 227 g/mol. The summed E-state index contributed by atoms with van der Waals surface area (Å²) in [6.07, 6.45) is 1.08. The minimum absolute atomic E-state index is 0.163. The number of pyridine rings is 1. The molecule has 1 N–H and O–H groups in total. The largest absolute Gasteiger partial charge is 0.492 e. The molecule has 0 atom stereocenters. The number of esters is 1. The Morgan fingerprint density at radius 2 is 2.35 bits per heavy atom. The molecule has 6 heteroatoms. The molecule has 2 rings (SSSR count). The summed E-state index contributed by atoms with van der Waals surface area (Å²) in [4.78, 5) is 15.4. The van der Waals surface area contributed by atoms with Crippen LogP contribution in [0.4, 0.5) is 4.39 Å². The van der Waals surface area contributed by atoms with E-state index in [0.29, 0.717) is 11.2 Å². The van der Waals surface area contributed by atoms with E-state index < -0.39 is 17.7 Å². The molecule has 0 saturated carbocycles. The van der Waals surface area contributed by atoms with Gasteiger partial charge < -0.3 is 9.84 Å². The van der Waals surface area contributed by atoms with Crippen molar-refractivity contribution in [2.75, 3.05) is 6.61 Å². The molecule has 0 unspecified atom stereocenters. The molecule has 17 heavy (non-hydrogen) atoms. The van der Waals surface area contributed by atoms with E-state index in [1.807, 2.05) is 0 Å². The predicted molar refractivity (Wildman–Crippen MR) is 57.5 cm³/mol. The minimum Gasteiger partial charge on any atom is -0.492 e. The molecule has 0 aliphatic rings. The van der Waals surface area contributed by atoms with Gasteiger partial charge in [0.1, 0.15) is 11.5 Å². The lowest BCUT2D eigenvalue weighted by Crippen LogP contribution is -2.08. The molecule has 2 aromatic heterocycles. The summed E-state index contributed by atoms with van der Waals surface area (Å²) in [6.45, 7) is 3.45. The first-order chi connectivity index (χ1) is 8.04. The second-order valence-electron chi connectivity index (χ2n) is 3.54.